The molecular weight excluding hydrogens is 342 g/mol. The Labute approximate surface area is 144 Å². The van der Waals surface area contributed by atoms with Gasteiger partial charge in [-0.1, -0.05) is 6.07 Å². The number of aliphatic carboxylic acids is 1. The SMILES string of the molecule is COc1ccc(S(=O)(=O)n2ccc3cc(/C=C/C(=O)O)ccc32)cc1. The van der Waals surface area contributed by atoms with Gasteiger partial charge in [-0.15, -0.1) is 0 Å². The van der Waals surface area contributed by atoms with Gasteiger partial charge in [-0.2, -0.15) is 0 Å². The van der Waals surface area contributed by atoms with Gasteiger partial charge in [0.25, 0.3) is 10.0 Å². The fourth-order valence-corrected chi connectivity index (χ4v) is 3.83. The van der Waals surface area contributed by atoms with Crippen LogP contribution in [-0.4, -0.2) is 30.6 Å². The van der Waals surface area contributed by atoms with E-state index in [9.17, 15) is 13.2 Å². The van der Waals surface area contributed by atoms with Gasteiger partial charge in [0.2, 0.25) is 0 Å². The molecule has 6 nitrogen and oxygen atoms in total. The van der Waals surface area contributed by atoms with E-state index >= 15 is 0 Å². The van der Waals surface area contributed by atoms with Gasteiger partial charge in [0.1, 0.15) is 5.75 Å². The van der Waals surface area contributed by atoms with Crippen molar-refractivity contribution >= 4 is 33.0 Å². The lowest BCUT2D eigenvalue weighted by molar-refractivity contribution is -0.131. The predicted molar refractivity (Wildman–Crippen MR) is 94.2 cm³/mol. The van der Waals surface area contributed by atoms with Crippen LogP contribution in [0.3, 0.4) is 0 Å². The molecule has 0 atom stereocenters. The average Bonchev–Trinajstić information content (AvgIpc) is 3.04. The molecule has 1 aromatic heterocycles. The fourth-order valence-electron chi connectivity index (χ4n) is 2.48. The zero-order valence-corrected chi connectivity index (χ0v) is 14.1. The summed E-state index contributed by atoms with van der Waals surface area (Å²) in [7, 11) is -2.22. The van der Waals surface area contributed by atoms with Gasteiger partial charge in [0, 0.05) is 17.7 Å². The highest BCUT2D eigenvalue weighted by molar-refractivity contribution is 7.90. The quantitative estimate of drug-likeness (QED) is 0.710. The van der Waals surface area contributed by atoms with E-state index in [0.29, 0.717) is 22.2 Å². The number of ether oxygens (including phenoxy) is 1. The fraction of sp³-hybridized carbons (Fsp3) is 0.0556. The normalized spacial score (nSPS) is 11.9. The molecule has 1 N–H and O–H groups in total. The number of fused-ring (bicyclic) bond motifs is 1. The number of hydrogen-bond acceptors (Lipinski definition) is 4. The van der Waals surface area contributed by atoms with Crippen LogP contribution in [0.15, 0.2) is 65.7 Å². The third-order valence-electron chi connectivity index (χ3n) is 3.71. The summed E-state index contributed by atoms with van der Waals surface area (Å²) in [4.78, 5) is 10.7. The van der Waals surface area contributed by atoms with E-state index in [1.54, 1.807) is 36.4 Å². The van der Waals surface area contributed by atoms with E-state index < -0.39 is 16.0 Å². The Morgan fingerprint density at radius 3 is 2.48 bits per heavy atom. The number of hydrogen-bond donors (Lipinski definition) is 1. The second-order valence-electron chi connectivity index (χ2n) is 5.28. The zero-order valence-electron chi connectivity index (χ0n) is 13.3. The average molecular weight is 357 g/mol. The maximum atomic E-state index is 12.8. The van der Waals surface area contributed by atoms with Crippen LogP contribution in [0.25, 0.3) is 17.0 Å². The van der Waals surface area contributed by atoms with Crippen molar-refractivity contribution in [2.75, 3.05) is 7.11 Å². The lowest BCUT2D eigenvalue weighted by Gasteiger charge is -2.08. The first-order valence-corrected chi connectivity index (χ1v) is 8.77. The van der Waals surface area contributed by atoms with Crippen LogP contribution >= 0.6 is 0 Å². The maximum absolute atomic E-state index is 12.8. The first-order valence-electron chi connectivity index (χ1n) is 7.33. The smallest absolute Gasteiger partial charge is 0.328 e. The molecule has 0 aliphatic carbocycles. The summed E-state index contributed by atoms with van der Waals surface area (Å²) in [6, 6.07) is 12.9. The Hall–Kier alpha value is -3.06. The van der Waals surface area contributed by atoms with Crippen molar-refractivity contribution in [1.82, 2.24) is 3.97 Å². The molecule has 0 saturated carbocycles. The first-order chi connectivity index (χ1) is 11.9. The Bertz CT molecular complexity index is 1060. The van der Waals surface area contributed by atoms with Crippen molar-refractivity contribution in [3.8, 4) is 5.75 Å². The molecule has 0 fully saturated rings. The number of rotatable bonds is 5. The van der Waals surface area contributed by atoms with E-state index in [2.05, 4.69) is 0 Å². The Morgan fingerprint density at radius 2 is 1.84 bits per heavy atom. The van der Waals surface area contributed by atoms with Crippen LogP contribution in [0.1, 0.15) is 5.56 Å². The highest BCUT2D eigenvalue weighted by atomic mass is 32.2. The van der Waals surface area contributed by atoms with E-state index in [-0.39, 0.29) is 4.90 Å². The number of aromatic nitrogens is 1. The van der Waals surface area contributed by atoms with Gasteiger partial charge in [0.15, 0.2) is 0 Å². The molecule has 3 aromatic rings. The highest BCUT2D eigenvalue weighted by Gasteiger charge is 2.18. The summed E-state index contributed by atoms with van der Waals surface area (Å²) in [6.45, 7) is 0. The van der Waals surface area contributed by atoms with Crippen molar-refractivity contribution < 1.29 is 23.1 Å². The van der Waals surface area contributed by atoms with Gasteiger partial charge < -0.3 is 9.84 Å². The summed E-state index contributed by atoms with van der Waals surface area (Å²) in [6.07, 6.45) is 3.97. The Balaban J connectivity index is 2.04. The van der Waals surface area contributed by atoms with Crippen LogP contribution in [0, 0.1) is 0 Å². The van der Waals surface area contributed by atoms with Gasteiger partial charge in [-0.3, -0.25) is 0 Å². The molecule has 0 bridgehead atoms. The molecule has 3 rings (SSSR count). The van der Waals surface area contributed by atoms with Gasteiger partial charge in [-0.25, -0.2) is 17.2 Å². The van der Waals surface area contributed by atoms with Gasteiger partial charge in [-0.05, 0) is 54.1 Å². The van der Waals surface area contributed by atoms with Crippen molar-refractivity contribution in [3.63, 3.8) is 0 Å². The lowest BCUT2D eigenvalue weighted by Crippen LogP contribution is -2.11. The second-order valence-corrected chi connectivity index (χ2v) is 7.10. The summed E-state index contributed by atoms with van der Waals surface area (Å²) in [5.41, 5.74) is 1.19. The number of carboxylic acid groups (broad SMARTS) is 1. The molecule has 25 heavy (non-hydrogen) atoms. The minimum atomic E-state index is -3.74. The number of carboxylic acids is 1. The van der Waals surface area contributed by atoms with Crippen molar-refractivity contribution in [2.24, 2.45) is 0 Å². The van der Waals surface area contributed by atoms with E-state index in [1.807, 2.05) is 0 Å². The van der Waals surface area contributed by atoms with E-state index in [4.69, 9.17) is 9.84 Å². The molecule has 0 aliphatic rings. The minimum Gasteiger partial charge on any atom is -0.497 e. The van der Waals surface area contributed by atoms with Gasteiger partial charge in [0.05, 0.1) is 17.5 Å². The molecule has 0 unspecified atom stereocenters. The molecule has 0 aliphatic heterocycles. The van der Waals surface area contributed by atoms with Crippen molar-refractivity contribution in [2.45, 2.75) is 4.90 Å². The Morgan fingerprint density at radius 1 is 1.12 bits per heavy atom. The van der Waals surface area contributed by atoms with Crippen LogP contribution in [0.4, 0.5) is 0 Å². The third kappa shape index (κ3) is 3.27. The highest BCUT2D eigenvalue weighted by Crippen LogP contribution is 2.24. The molecule has 0 radical (unpaired) electrons. The van der Waals surface area contributed by atoms with Gasteiger partial charge >= 0.3 is 5.97 Å². The Kier molecular flexibility index (Phi) is 4.33. The molecule has 7 heteroatoms. The van der Waals surface area contributed by atoms with E-state index in [1.165, 1.54) is 35.5 Å². The predicted octanol–water partition coefficient (Wildman–Crippen LogP) is 2.98. The lowest BCUT2D eigenvalue weighted by atomic mass is 10.1. The van der Waals surface area contributed by atoms with Crippen LogP contribution < -0.4 is 4.74 Å². The topological polar surface area (TPSA) is 85.6 Å². The largest absolute Gasteiger partial charge is 0.497 e. The summed E-state index contributed by atoms with van der Waals surface area (Å²) in [5, 5.41) is 9.38. The number of methoxy groups -OCH3 is 1. The third-order valence-corrected chi connectivity index (χ3v) is 5.42. The molecule has 0 saturated heterocycles. The van der Waals surface area contributed by atoms with Crippen molar-refractivity contribution in [3.05, 3.63) is 66.4 Å². The standard InChI is InChI=1S/C18H15NO5S/c1-24-15-4-6-16(7-5-15)25(22,23)19-11-10-14-12-13(2-8-17(14)19)3-9-18(20)21/h2-12H,1H3,(H,20,21)/b9-3+. The minimum absolute atomic E-state index is 0.153. The summed E-state index contributed by atoms with van der Waals surface area (Å²) < 4.78 is 31.9. The number of carbonyl (C=O) groups is 1. The molecule has 1 heterocycles. The van der Waals surface area contributed by atoms with Crippen LogP contribution in [0.2, 0.25) is 0 Å². The molecule has 0 spiro atoms. The zero-order chi connectivity index (χ0) is 18.0. The molecular formula is C18H15NO5S. The van der Waals surface area contributed by atoms with Crippen LogP contribution in [0.5, 0.6) is 5.75 Å². The molecule has 2 aromatic carbocycles. The van der Waals surface area contributed by atoms with Crippen molar-refractivity contribution in [1.29, 1.82) is 0 Å². The van der Waals surface area contributed by atoms with Crippen LogP contribution in [-0.2, 0) is 14.8 Å². The number of benzene rings is 2. The second kappa shape index (κ2) is 6.45. The molecule has 128 valence electrons. The maximum Gasteiger partial charge on any atom is 0.328 e. The van der Waals surface area contributed by atoms with E-state index in [0.717, 1.165) is 6.08 Å². The summed E-state index contributed by atoms with van der Waals surface area (Å²) in [5.74, 6) is -0.467. The summed E-state index contributed by atoms with van der Waals surface area (Å²) >= 11 is 0. The molecule has 0 amide bonds. The monoisotopic (exact) mass is 357 g/mol. The first kappa shape index (κ1) is 16.8. The number of nitrogens with zero attached hydrogens (tertiary/aromatic N) is 1.